The number of amides is 2. The minimum atomic E-state index is -0.209. The monoisotopic (exact) mass is 369 g/mol. The van der Waals surface area contributed by atoms with Crippen LogP contribution in [-0.2, 0) is 16.0 Å². The lowest BCUT2D eigenvalue weighted by molar-refractivity contribution is -0.140. The van der Waals surface area contributed by atoms with Gasteiger partial charge in [0.2, 0.25) is 0 Å². The summed E-state index contributed by atoms with van der Waals surface area (Å²) in [4.78, 5) is 27.4. The molecule has 7 heteroatoms. The zero-order valence-corrected chi connectivity index (χ0v) is 15.6. The number of anilines is 1. The molecule has 0 aliphatic carbocycles. The largest absolute Gasteiger partial charge is 0.469 e. The Balaban J connectivity index is 0.00000312. The molecule has 1 aliphatic rings. The van der Waals surface area contributed by atoms with Gasteiger partial charge in [0.1, 0.15) is 0 Å². The Bertz CT molecular complexity index is 551. The van der Waals surface area contributed by atoms with Crippen LogP contribution in [0.1, 0.15) is 31.2 Å². The Hall–Kier alpha value is -1.79. The van der Waals surface area contributed by atoms with E-state index in [1.54, 1.807) is 0 Å². The van der Waals surface area contributed by atoms with E-state index in [9.17, 15) is 9.59 Å². The minimum Gasteiger partial charge on any atom is -0.469 e. The van der Waals surface area contributed by atoms with Gasteiger partial charge in [-0.2, -0.15) is 0 Å². The molecule has 0 saturated carbocycles. The van der Waals surface area contributed by atoms with E-state index < -0.39 is 0 Å². The number of carbonyl (C=O) groups is 2. The van der Waals surface area contributed by atoms with Crippen molar-refractivity contribution in [3.05, 3.63) is 29.8 Å². The maximum absolute atomic E-state index is 12.5. The highest BCUT2D eigenvalue weighted by atomic mass is 35.5. The Morgan fingerprint density at radius 3 is 2.52 bits per heavy atom. The van der Waals surface area contributed by atoms with Crippen molar-refractivity contribution in [2.24, 2.45) is 5.73 Å². The molecular weight excluding hydrogens is 342 g/mol. The number of aryl methyl sites for hydroxylation is 1. The molecule has 2 N–H and O–H groups in total. The molecule has 1 aliphatic heterocycles. The lowest BCUT2D eigenvalue weighted by Gasteiger charge is -2.19. The van der Waals surface area contributed by atoms with Crippen molar-refractivity contribution in [1.82, 2.24) is 4.90 Å². The molecule has 0 aromatic heterocycles. The van der Waals surface area contributed by atoms with Gasteiger partial charge in [-0.25, -0.2) is 4.79 Å². The molecule has 0 radical (unpaired) electrons. The topological polar surface area (TPSA) is 75.9 Å². The minimum absolute atomic E-state index is 0. The van der Waals surface area contributed by atoms with Crippen LogP contribution >= 0.6 is 12.4 Å². The number of nitrogens with zero attached hydrogens (tertiary/aromatic N) is 2. The molecule has 0 atom stereocenters. The van der Waals surface area contributed by atoms with Crippen LogP contribution in [0.4, 0.5) is 10.5 Å². The molecule has 0 spiro atoms. The van der Waals surface area contributed by atoms with Gasteiger partial charge in [0.25, 0.3) is 0 Å². The number of nitrogens with two attached hydrogens (primary N) is 1. The smallest absolute Gasteiger partial charge is 0.324 e. The summed E-state index contributed by atoms with van der Waals surface area (Å²) < 4.78 is 4.65. The number of ether oxygens (including phenoxy) is 1. The van der Waals surface area contributed by atoms with E-state index in [0.717, 1.165) is 50.1 Å². The van der Waals surface area contributed by atoms with E-state index in [1.807, 2.05) is 34.1 Å². The van der Waals surface area contributed by atoms with Crippen LogP contribution in [0.25, 0.3) is 0 Å². The summed E-state index contributed by atoms with van der Waals surface area (Å²) in [7, 11) is 1.40. The van der Waals surface area contributed by atoms with E-state index in [4.69, 9.17) is 5.73 Å². The van der Waals surface area contributed by atoms with Crippen molar-refractivity contribution in [3.63, 3.8) is 0 Å². The quantitative estimate of drug-likeness (QED) is 0.536. The first kappa shape index (κ1) is 21.3. The maximum atomic E-state index is 12.5. The van der Waals surface area contributed by atoms with E-state index in [2.05, 4.69) is 4.74 Å². The number of unbranched alkanes of at least 4 members (excludes halogenated alkanes) is 2. The summed E-state index contributed by atoms with van der Waals surface area (Å²) in [6.07, 6.45) is 4.10. The Morgan fingerprint density at radius 1 is 1.16 bits per heavy atom. The molecule has 1 aromatic carbocycles. The second kappa shape index (κ2) is 10.9. The number of benzene rings is 1. The molecule has 2 rings (SSSR count). The lowest BCUT2D eigenvalue weighted by atomic mass is 10.1. The fourth-order valence-corrected chi connectivity index (χ4v) is 2.84. The van der Waals surface area contributed by atoms with Gasteiger partial charge < -0.3 is 15.4 Å². The van der Waals surface area contributed by atoms with Gasteiger partial charge in [-0.3, -0.25) is 9.69 Å². The number of hydrogen-bond acceptors (Lipinski definition) is 4. The fraction of sp³-hybridized carbons (Fsp3) is 0.556. The van der Waals surface area contributed by atoms with Gasteiger partial charge >= 0.3 is 12.0 Å². The number of carbonyl (C=O) groups excluding carboxylic acids is 2. The molecule has 6 nitrogen and oxygen atoms in total. The predicted octanol–water partition coefficient (Wildman–Crippen LogP) is 2.59. The van der Waals surface area contributed by atoms with E-state index in [0.29, 0.717) is 19.4 Å². The number of esters is 1. The van der Waals surface area contributed by atoms with Crippen LogP contribution in [-0.4, -0.2) is 50.2 Å². The van der Waals surface area contributed by atoms with E-state index >= 15 is 0 Å². The number of urea groups is 1. The fourth-order valence-electron chi connectivity index (χ4n) is 2.84. The molecule has 25 heavy (non-hydrogen) atoms. The average Bonchev–Trinajstić information content (AvgIpc) is 2.98. The van der Waals surface area contributed by atoms with Crippen molar-refractivity contribution in [2.45, 2.75) is 32.1 Å². The Morgan fingerprint density at radius 2 is 1.88 bits per heavy atom. The third kappa shape index (κ3) is 6.21. The third-order valence-electron chi connectivity index (χ3n) is 4.32. The van der Waals surface area contributed by atoms with Gasteiger partial charge in [0.05, 0.1) is 7.11 Å². The predicted molar refractivity (Wildman–Crippen MR) is 101 cm³/mol. The molecule has 0 unspecified atom stereocenters. The Labute approximate surface area is 155 Å². The van der Waals surface area contributed by atoms with Crippen LogP contribution < -0.4 is 10.6 Å². The van der Waals surface area contributed by atoms with Crippen LogP contribution in [0.3, 0.4) is 0 Å². The van der Waals surface area contributed by atoms with Crippen LogP contribution in [0.15, 0.2) is 24.3 Å². The highest BCUT2D eigenvalue weighted by molar-refractivity contribution is 5.94. The second-order valence-corrected chi connectivity index (χ2v) is 6.01. The molecule has 0 bridgehead atoms. The number of halogens is 1. The summed E-state index contributed by atoms with van der Waals surface area (Å²) in [6, 6.07) is 7.90. The number of rotatable bonds is 9. The standard InChI is InChI=1S/C18H27N3O3.ClH/c1-24-17(22)10-7-15-5-8-16(9-6-15)21-14-13-20(18(21)23)12-4-2-3-11-19;/h5-6,8-9H,2-4,7,10-14,19H2,1H3;1H. The second-order valence-electron chi connectivity index (χ2n) is 6.01. The van der Waals surface area contributed by atoms with Crippen molar-refractivity contribution in [2.75, 3.05) is 38.2 Å². The molecule has 1 heterocycles. The first-order chi connectivity index (χ1) is 11.7. The SMILES string of the molecule is COC(=O)CCc1ccc(N2CCN(CCCCCN)C2=O)cc1.Cl. The third-order valence-corrected chi connectivity index (χ3v) is 4.32. The lowest BCUT2D eigenvalue weighted by Crippen LogP contribution is -2.32. The first-order valence-corrected chi connectivity index (χ1v) is 8.58. The summed E-state index contributed by atoms with van der Waals surface area (Å²) in [5.41, 5.74) is 7.46. The van der Waals surface area contributed by atoms with Crippen LogP contribution in [0.5, 0.6) is 0 Å². The van der Waals surface area contributed by atoms with Crippen molar-refractivity contribution in [3.8, 4) is 0 Å². The van der Waals surface area contributed by atoms with Gasteiger partial charge in [0.15, 0.2) is 0 Å². The summed E-state index contributed by atoms with van der Waals surface area (Å²) >= 11 is 0. The van der Waals surface area contributed by atoms with Gasteiger partial charge in [-0.05, 0) is 43.5 Å². The molecule has 2 amide bonds. The highest BCUT2D eigenvalue weighted by Gasteiger charge is 2.28. The summed E-state index contributed by atoms with van der Waals surface area (Å²) in [5.74, 6) is -0.209. The van der Waals surface area contributed by atoms with E-state index in [-0.39, 0.29) is 24.4 Å². The van der Waals surface area contributed by atoms with Crippen LogP contribution in [0, 0.1) is 0 Å². The highest BCUT2D eigenvalue weighted by Crippen LogP contribution is 2.21. The zero-order valence-electron chi connectivity index (χ0n) is 14.8. The van der Waals surface area contributed by atoms with E-state index in [1.165, 1.54) is 7.11 Å². The first-order valence-electron chi connectivity index (χ1n) is 8.58. The van der Waals surface area contributed by atoms with Gasteiger partial charge in [-0.15, -0.1) is 12.4 Å². The molecular formula is C18H28ClN3O3. The van der Waals surface area contributed by atoms with Crippen molar-refractivity contribution in [1.29, 1.82) is 0 Å². The van der Waals surface area contributed by atoms with Gasteiger partial charge in [-0.1, -0.05) is 18.6 Å². The summed E-state index contributed by atoms with van der Waals surface area (Å²) in [5, 5.41) is 0. The molecule has 1 fully saturated rings. The van der Waals surface area contributed by atoms with Crippen molar-refractivity contribution < 1.29 is 14.3 Å². The zero-order chi connectivity index (χ0) is 17.4. The van der Waals surface area contributed by atoms with Gasteiger partial charge in [0, 0.05) is 31.7 Å². The Kier molecular flexibility index (Phi) is 9.31. The normalized spacial score (nSPS) is 13.8. The number of hydrogen-bond donors (Lipinski definition) is 1. The molecule has 1 saturated heterocycles. The van der Waals surface area contributed by atoms with Crippen LogP contribution in [0.2, 0.25) is 0 Å². The number of methoxy groups -OCH3 is 1. The molecule has 1 aromatic rings. The summed E-state index contributed by atoms with van der Waals surface area (Å²) in [6.45, 7) is 3.00. The van der Waals surface area contributed by atoms with Crippen molar-refractivity contribution >= 4 is 30.1 Å². The average molecular weight is 370 g/mol. The maximum Gasteiger partial charge on any atom is 0.324 e. The molecule has 140 valence electrons.